The molecule has 0 aliphatic rings. The number of nitrogens with zero attached hydrogens (tertiary/aromatic N) is 2. The van der Waals surface area contributed by atoms with E-state index < -0.39 is 0 Å². The molecule has 0 aliphatic heterocycles. The van der Waals surface area contributed by atoms with Gasteiger partial charge in [0, 0.05) is 22.4 Å². The van der Waals surface area contributed by atoms with Gasteiger partial charge in [-0.1, -0.05) is 29.3 Å². The van der Waals surface area contributed by atoms with Gasteiger partial charge in [0.15, 0.2) is 0 Å². The Bertz CT molecular complexity index is 703. The van der Waals surface area contributed by atoms with E-state index in [4.69, 9.17) is 0 Å². The number of hydrogen-bond donors (Lipinski definition) is 2. The van der Waals surface area contributed by atoms with Gasteiger partial charge in [-0.15, -0.1) is 0 Å². The number of amides is 1. The Kier molecular flexibility index (Phi) is 6.10. The van der Waals surface area contributed by atoms with Crippen molar-refractivity contribution in [3.8, 4) is 0 Å². The molecule has 2 rings (SSSR count). The number of carbonyl (C=O) groups excluding carboxylic acids is 1. The molecule has 0 bridgehead atoms. The summed E-state index contributed by atoms with van der Waals surface area (Å²) >= 11 is 3.48. The van der Waals surface area contributed by atoms with E-state index in [0.29, 0.717) is 18.2 Å². The predicted molar refractivity (Wildman–Crippen MR) is 96.2 cm³/mol. The van der Waals surface area contributed by atoms with Crippen molar-refractivity contribution in [3.63, 3.8) is 0 Å². The molecule has 0 atom stereocenters. The number of aromatic nitrogens is 2. The van der Waals surface area contributed by atoms with Gasteiger partial charge in [-0.2, -0.15) is 0 Å². The summed E-state index contributed by atoms with van der Waals surface area (Å²) in [6.07, 6.45) is 2.00. The molecule has 1 aromatic heterocycles. The standard InChI is InChI=1S/C17H21BrN4O/c1-4-5-8-19-16(23)15-10-12(3)20-17(22-15)21-13-6-7-14(18)11(2)9-13/h6-7,9-10H,4-5,8H2,1-3H3,(H,19,23)(H,20,21,22). The van der Waals surface area contributed by atoms with Crippen molar-refractivity contribution in [2.75, 3.05) is 11.9 Å². The molecular formula is C17H21BrN4O. The Morgan fingerprint density at radius 3 is 2.70 bits per heavy atom. The Labute approximate surface area is 145 Å². The lowest BCUT2D eigenvalue weighted by molar-refractivity contribution is 0.0948. The quantitative estimate of drug-likeness (QED) is 0.743. The number of anilines is 2. The molecular weight excluding hydrogens is 356 g/mol. The molecule has 0 fully saturated rings. The Hall–Kier alpha value is -1.95. The van der Waals surface area contributed by atoms with E-state index in [0.717, 1.165) is 34.3 Å². The van der Waals surface area contributed by atoms with Gasteiger partial charge in [-0.05, 0) is 50.1 Å². The molecule has 0 radical (unpaired) electrons. The highest BCUT2D eigenvalue weighted by atomic mass is 79.9. The highest BCUT2D eigenvalue weighted by Gasteiger charge is 2.10. The summed E-state index contributed by atoms with van der Waals surface area (Å²) in [5.41, 5.74) is 3.12. The highest BCUT2D eigenvalue weighted by molar-refractivity contribution is 9.10. The molecule has 2 N–H and O–H groups in total. The Morgan fingerprint density at radius 2 is 2.00 bits per heavy atom. The van der Waals surface area contributed by atoms with Gasteiger partial charge in [-0.25, -0.2) is 9.97 Å². The largest absolute Gasteiger partial charge is 0.351 e. The summed E-state index contributed by atoms with van der Waals surface area (Å²) in [6, 6.07) is 7.59. The van der Waals surface area contributed by atoms with E-state index in [9.17, 15) is 4.79 Å². The Morgan fingerprint density at radius 1 is 1.22 bits per heavy atom. The van der Waals surface area contributed by atoms with Crippen LogP contribution in [-0.2, 0) is 0 Å². The molecule has 1 amide bonds. The van der Waals surface area contributed by atoms with Crippen molar-refractivity contribution in [2.24, 2.45) is 0 Å². The van der Waals surface area contributed by atoms with Crippen LogP contribution < -0.4 is 10.6 Å². The number of nitrogens with one attached hydrogen (secondary N) is 2. The summed E-state index contributed by atoms with van der Waals surface area (Å²) in [6.45, 7) is 6.61. The van der Waals surface area contributed by atoms with Crippen molar-refractivity contribution < 1.29 is 4.79 Å². The minimum Gasteiger partial charge on any atom is -0.351 e. The van der Waals surface area contributed by atoms with Crippen LogP contribution in [0.15, 0.2) is 28.7 Å². The third kappa shape index (κ3) is 5.03. The zero-order chi connectivity index (χ0) is 16.8. The summed E-state index contributed by atoms with van der Waals surface area (Å²) in [5, 5.41) is 6.02. The van der Waals surface area contributed by atoms with Gasteiger partial charge in [0.2, 0.25) is 5.95 Å². The van der Waals surface area contributed by atoms with E-state index in [1.165, 1.54) is 0 Å². The third-order valence-electron chi connectivity index (χ3n) is 3.32. The first-order chi connectivity index (χ1) is 11.0. The van der Waals surface area contributed by atoms with Crippen LogP contribution in [-0.4, -0.2) is 22.4 Å². The van der Waals surface area contributed by atoms with Crippen molar-refractivity contribution in [1.82, 2.24) is 15.3 Å². The van der Waals surface area contributed by atoms with Gasteiger partial charge in [-0.3, -0.25) is 4.79 Å². The third-order valence-corrected chi connectivity index (χ3v) is 4.21. The maximum absolute atomic E-state index is 12.1. The second-order valence-corrected chi connectivity index (χ2v) is 6.27. The molecule has 0 unspecified atom stereocenters. The second kappa shape index (κ2) is 8.06. The normalized spacial score (nSPS) is 10.4. The van der Waals surface area contributed by atoms with Crippen LogP contribution in [0.25, 0.3) is 0 Å². The number of rotatable bonds is 6. The van der Waals surface area contributed by atoms with E-state index in [1.807, 2.05) is 32.0 Å². The van der Waals surface area contributed by atoms with Crippen LogP contribution in [0.1, 0.15) is 41.5 Å². The fourth-order valence-corrected chi connectivity index (χ4v) is 2.31. The topological polar surface area (TPSA) is 66.9 Å². The fourth-order valence-electron chi connectivity index (χ4n) is 2.06. The molecule has 122 valence electrons. The van der Waals surface area contributed by atoms with Crippen molar-refractivity contribution in [2.45, 2.75) is 33.6 Å². The van der Waals surface area contributed by atoms with Crippen LogP contribution in [0.2, 0.25) is 0 Å². The van der Waals surface area contributed by atoms with Gasteiger partial charge >= 0.3 is 0 Å². The van der Waals surface area contributed by atoms with E-state index >= 15 is 0 Å². The first kappa shape index (κ1) is 17.4. The molecule has 0 saturated heterocycles. The van der Waals surface area contributed by atoms with Crippen molar-refractivity contribution in [3.05, 3.63) is 45.7 Å². The molecule has 1 aromatic carbocycles. The van der Waals surface area contributed by atoms with Crippen LogP contribution in [0.3, 0.4) is 0 Å². The van der Waals surface area contributed by atoms with Crippen molar-refractivity contribution >= 4 is 33.5 Å². The zero-order valence-corrected chi connectivity index (χ0v) is 15.2. The molecule has 2 aromatic rings. The van der Waals surface area contributed by atoms with Gasteiger partial charge in [0.05, 0.1) is 0 Å². The van der Waals surface area contributed by atoms with Crippen LogP contribution in [0.4, 0.5) is 11.6 Å². The molecule has 1 heterocycles. The number of aryl methyl sites for hydroxylation is 2. The van der Waals surface area contributed by atoms with E-state index in [-0.39, 0.29) is 5.91 Å². The lowest BCUT2D eigenvalue weighted by Gasteiger charge is -2.09. The van der Waals surface area contributed by atoms with Crippen molar-refractivity contribution in [1.29, 1.82) is 0 Å². The molecule has 0 saturated carbocycles. The summed E-state index contributed by atoms with van der Waals surface area (Å²) in [4.78, 5) is 20.8. The van der Waals surface area contributed by atoms with E-state index in [2.05, 4.69) is 43.5 Å². The number of carbonyl (C=O) groups is 1. The first-order valence-corrected chi connectivity index (χ1v) is 8.46. The predicted octanol–water partition coefficient (Wildman–Crippen LogP) is 4.13. The molecule has 6 heteroatoms. The average molecular weight is 377 g/mol. The Balaban J connectivity index is 2.16. The summed E-state index contributed by atoms with van der Waals surface area (Å²) < 4.78 is 1.05. The minimum absolute atomic E-state index is 0.168. The maximum atomic E-state index is 12.1. The lowest BCUT2D eigenvalue weighted by Crippen LogP contribution is -2.25. The minimum atomic E-state index is -0.168. The fraction of sp³-hybridized carbons (Fsp3) is 0.353. The summed E-state index contributed by atoms with van der Waals surface area (Å²) in [5.74, 6) is 0.256. The number of hydrogen-bond acceptors (Lipinski definition) is 4. The molecule has 0 aliphatic carbocycles. The van der Waals surface area contributed by atoms with Crippen LogP contribution in [0, 0.1) is 13.8 Å². The SMILES string of the molecule is CCCCNC(=O)c1cc(C)nc(Nc2ccc(Br)c(C)c2)n1. The highest BCUT2D eigenvalue weighted by Crippen LogP contribution is 2.22. The lowest BCUT2D eigenvalue weighted by atomic mass is 10.2. The van der Waals surface area contributed by atoms with Gasteiger partial charge in [0.25, 0.3) is 5.91 Å². The summed E-state index contributed by atoms with van der Waals surface area (Å²) in [7, 11) is 0. The number of halogens is 1. The smallest absolute Gasteiger partial charge is 0.270 e. The molecule has 23 heavy (non-hydrogen) atoms. The first-order valence-electron chi connectivity index (χ1n) is 7.66. The number of unbranched alkanes of at least 4 members (excludes halogenated alkanes) is 1. The molecule has 0 spiro atoms. The second-order valence-electron chi connectivity index (χ2n) is 5.42. The maximum Gasteiger partial charge on any atom is 0.270 e. The monoisotopic (exact) mass is 376 g/mol. The van der Waals surface area contributed by atoms with Crippen LogP contribution in [0.5, 0.6) is 0 Å². The number of benzene rings is 1. The van der Waals surface area contributed by atoms with Crippen LogP contribution >= 0.6 is 15.9 Å². The van der Waals surface area contributed by atoms with Gasteiger partial charge < -0.3 is 10.6 Å². The average Bonchev–Trinajstić information content (AvgIpc) is 2.50. The molecule has 5 nitrogen and oxygen atoms in total. The zero-order valence-electron chi connectivity index (χ0n) is 13.6. The van der Waals surface area contributed by atoms with E-state index in [1.54, 1.807) is 6.07 Å². The van der Waals surface area contributed by atoms with Gasteiger partial charge in [0.1, 0.15) is 5.69 Å².